The first kappa shape index (κ1) is 12.6. The minimum atomic E-state index is -0.745. The Balaban J connectivity index is 0. The molecule has 0 saturated carbocycles. The van der Waals surface area contributed by atoms with Crippen LogP contribution in [0, 0.1) is 0 Å². The summed E-state index contributed by atoms with van der Waals surface area (Å²) in [6.07, 6.45) is 0.222. The molecule has 0 unspecified atom stereocenters. The molecule has 3 heteroatoms. The monoisotopic (exact) mass is 166 g/mol. The van der Waals surface area contributed by atoms with Crippen molar-refractivity contribution in [3.8, 4) is 0 Å². The maximum atomic E-state index is 9.37. The van der Waals surface area contributed by atoms with Gasteiger partial charge < -0.3 is 5.11 Å². The van der Waals surface area contributed by atoms with Crippen molar-refractivity contribution in [1.29, 1.82) is 0 Å². The van der Waals surface area contributed by atoms with Crippen LogP contribution in [-0.2, 0) is 4.79 Å². The molecule has 0 amide bonds. The molecule has 0 aliphatic carbocycles. The van der Waals surface area contributed by atoms with E-state index in [0.717, 1.165) is 0 Å². The van der Waals surface area contributed by atoms with Crippen LogP contribution < -0.4 is 0 Å². The predicted molar refractivity (Wildman–Crippen MR) is 49.9 cm³/mol. The Kier molecular flexibility index (Phi) is 7.12. The van der Waals surface area contributed by atoms with Gasteiger partial charge in [-0.25, -0.2) is 0 Å². The van der Waals surface area contributed by atoms with Crippen LogP contribution >= 0.6 is 7.26 Å². The first-order valence-corrected chi connectivity index (χ1v) is 7.49. The number of carboxylic acid groups (broad SMARTS) is 1. The molecule has 0 atom stereocenters. The third-order valence-electron chi connectivity index (χ3n) is 0.302. The molecule has 0 aliphatic heterocycles. The second-order valence-corrected chi connectivity index (χ2v) is 9.75. The number of carbonyl (C=O) groups is 1. The molecule has 0 saturated heterocycles. The van der Waals surface area contributed by atoms with Crippen molar-refractivity contribution in [1.82, 2.24) is 0 Å². The maximum absolute atomic E-state index is 9.37. The molecule has 0 bridgehead atoms. The van der Waals surface area contributed by atoms with Gasteiger partial charge in [0.05, 0.1) is 0 Å². The summed E-state index contributed by atoms with van der Waals surface area (Å²) in [4.78, 5) is 9.37. The Morgan fingerprint density at radius 3 is 1.40 bits per heavy atom. The van der Waals surface area contributed by atoms with Gasteiger partial charge in [-0.15, -0.1) is 0 Å². The van der Waals surface area contributed by atoms with Gasteiger partial charge in [0, 0.05) is 6.42 Å². The zero-order valence-electron chi connectivity index (χ0n) is 7.56. The number of hydrogen-bond acceptors (Lipinski definition) is 1. The van der Waals surface area contributed by atoms with Gasteiger partial charge in [-0.1, -0.05) is 6.92 Å². The predicted octanol–water partition coefficient (Wildman–Crippen LogP) is 1.74. The Morgan fingerprint density at radius 2 is 1.40 bits per heavy atom. The molecule has 0 radical (unpaired) electrons. The van der Waals surface area contributed by atoms with Crippen LogP contribution in [0.4, 0.5) is 0 Å². The summed E-state index contributed by atoms with van der Waals surface area (Å²) in [5.74, 6) is -0.745. The van der Waals surface area contributed by atoms with Crippen molar-refractivity contribution in [3.05, 3.63) is 0 Å². The molecule has 0 heterocycles. The van der Waals surface area contributed by atoms with Crippen LogP contribution in [-0.4, -0.2) is 37.7 Å². The molecular formula is C7H19O2P. The van der Waals surface area contributed by atoms with E-state index in [1.807, 2.05) is 0 Å². The van der Waals surface area contributed by atoms with Crippen LogP contribution in [0.25, 0.3) is 0 Å². The molecule has 0 aromatic rings. The molecule has 10 heavy (non-hydrogen) atoms. The summed E-state index contributed by atoms with van der Waals surface area (Å²) >= 11 is 0. The van der Waals surface area contributed by atoms with Gasteiger partial charge in [0.15, 0.2) is 0 Å². The summed E-state index contributed by atoms with van der Waals surface area (Å²) in [6, 6.07) is 0. The van der Waals surface area contributed by atoms with E-state index in [1.165, 1.54) is 0 Å². The SMILES string of the molecule is CCC(=O)O.C[PH](C)(C)C. The number of rotatable bonds is 1. The Labute approximate surface area is 64.0 Å². The molecular weight excluding hydrogens is 147 g/mol. The van der Waals surface area contributed by atoms with Crippen molar-refractivity contribution in [2.24, 2.45) is 0 Å². The van der Waals surface area contributed by atoms with Gasteiger partial charge in [0.25, 0.3) is 0 Å². The topological polar surface area (TPSA) is 37.3 Å². The van der Waals surface area contributed by atoms with Crippen LogP contribution in [0.3, 0.4) is 0 Å². The van der Waals surface area contributed by atoms with Crippen molar-refractivity contribution in [2.75, 3.05) is 26.7 Å². The average molecular weight is 166 g/mol. The van der Waals surface area contributed by atoms with Crippen LogP contribution in [0.2, 0.25) is 0 Å². The standard InChI is InChI=1S/C4H13P.C3H6O2/c1-5(2,3)4;1-2-3(4)5/h5H,1-4H3;2H2,1H3,(H,4,5). The fourth-order valence-electron chi connectivity index (χ4n) is 0. The van der Waals surface area contributed by atoms with Crippen LogP contribution in [0.15, 0.2) is 0 Å². The number of carboxylic acids is 1. The van der Waals surface area contributed by atoms with E-state index >= 15 is 0 Å². The summed E-state index contributed by atoms with van der Waals surface area (Å²) < 4.78 is 0. The van der Waals surface area contributed by atoms with Gasteiger partial charge in [-0.2, -0.15) is 0 Å². The van der Waals surface area contributed by atoms with Gasteiger partial charge >= 0.3 is 39.9 Å². The molecule has 64 valence electrons. The fourth-order valence-corrected chi connectivity index (χ4v) is 0. The summed E-state index contributed by atoms with van der Waals surface area (Å²) in [5.41, 5.74) is 0. The minimum absolute atomic E-state index is 0.222. The van der Waals surface area contributed by atoms with E-state index < -0.39 is 13.2 Å². The number of aliphatic carboxylic acids is 1. The van der Waals surface area contributed by atoms with Gasteiger partial charge in [0.2, 0.25) is 0 Å². The third-order valence-corrected chi connectivity index (χ3v) is 0.302. The van der Waals surface area contributed by atoms with E-state index in [2.05, 4.69) is 26.7 Å². The van der Waals surface area contributed by atoms with E-state index in [-0.39, 0.29) is 6.42 Å². The van der Waals surface area contributed by atoms with E-state index in [9.17, 15) is 4.79 Å². The second kappa shape index (κ2) is 5.67. The average Bonchev–Trinajstić information content (AvgIpc) is 1.61. The first-order chi connectivity index (χ1) is 4.27. The van der Waals surface area contributed by atoms with Gasteiger partial charge in [-0.3, -0.25) is 4.79 Å². The number of hydrogen-bond donors (Lipinski definition) is 1. The zero-order valence-corrected chi connectivity index (χ0v) is 8.56. The molecule has 0 aromatic carbocycles. The second-order valence-electron chi connectivity index (χ2n) is 3.75. The van der Waals surface area contributed by atoms with Crippen molar-refractivity contribution >= 4 is 13.2 Å². The first-order valence-electron chi connectivity index (χ1n) is 3.49. The quantitative estimate of drug-likeness (QED) is 0.602. The Morgan fingerprint density at radius 1 is 1.30 bits per heavy atom. The van der Waals surface area contributed by atoms with Crippen molar-refractivity contribution in [2.45, 2.75) is 13.3 Å². The van der Waals surface area contributed by atoms with Crippen molar-refractivity contribution in [3.63, 3.8) is 0 Å². The zero-order chi connectivity index (χ0) is 8.78. The Hall–Kier alpha value is -0.100. The van der Waals surface area contributed by atoms with E-state index in [1.54, 1.807) is 6.92 Å². The molecule has 0 spiro atoms. The van der Waals surface area contributed by atoms with E-state index in [0.29, 0.717) is 0 Å². The van der Waals surface area contributed by atoms with Crippen LogP contribution in [0.5, 0.6) is 0 Å². The molecule has 1 N–H and O–H groups in total. The molecule has 0 rings (SSSR count). The van der Waals surface area contributed by atoms with Gasteiger partial charge in [-0.05, 0) is 0 Å². The summed E-state index contributed by atoms with van der Waals surface area (Å²) in [6.45, 7) is 10.9. The van der Waals surface area contributed by atoms with Gasteiger partial charge in [0.1, 0.15) is 0 Å². The normalized spacial score (nSPS) is 11.3. The van der Waals surface area contributed by atoms with E-state index in [4.69, 9.17) is 5.11 Å². The molecule has 2 nitrogen and oxygen atoms in total. The molecule has 0 aliphatic rings. The van der Waals surface area contributed by atoms with Crippen molar-refractivity contribution < 1.29 is 9.90 Å². The fraction of sp³-hybridized carbons (Fsp3) is 0.857. The summed E-state index contributed by atoms with van der Waals surface area (Å²) in [7, 11) is -0.611. The molecule has 0 fully saturated rings. The molecule has 0 aromatic heterocycles. The van der Waals surface area contributed by atoms with Crippen LogP contribution in [0.1, 0.15) is 13.3 Å². The summed E-state index contributed by atoms with van der Waals surface area (Å²) in [5, 5.41) is 7.72. The third kappa shape index (κ3) is 104. The Bertz CT molecular complexity index is 88.3.